The molecule has 0 bridgehead atoms. The van der Waals surface area contributed by atoms with Crippen LogP contribution in [-0.4, -0.2) is 75.3 Å². The molecule has 1 aromatic heterocycles. The average molecular weight is 550 g/mol. The monoisotopic (exact) mass is 549 g/mol. The van der Waals surface area contributed by atoms with Crippen molar-refractivity contribution in [2.75, 3.05) is 53.0 Å². The second-order valence-corrected chi connectivity index (χ2v) is 8.77. The summed E-state index contributed by atoms with van der Waals surface area (Å²) in [4.78, 5) is 19.7. The Labute approximate surface area is 201 Å². The molecular formula is C21H36IN5O2S. The molecule has 30 heavy (non-hydrogen) atoms. The Morgan fingerprint density at radius 1 is 1.17 bits per heavy atom. The first-order chi connectivity index (χ1) is 14.2. The molecule has 1 aliphatic heterocycles. The van der Waals surface area contributed by atoms with Crippen LogP contribution in [0.25, 0.3) is 0 Å². The van der Waals surface area contributed by atoms with Crippen LogP contribution in [0.3, 0.4) is 0 Å². The van der Waals surface area contributed by atoms with Gasteiger partial charge in [-0.15, -0.1) is 35.3 Å². The summed E-state index contributed by atoms with van der Waals surface area (Å²) in [5.41, 5.74) is 0.217. The van der Waals surface area contributed by atoms with E-state index in [-0.39, 0.29) is 35.4 Å². The fourth-order valence-corrected chi connectivity index (χ4v) is 4.95. The van der Waals surface area contributed by atoms with Gasteiger partial charge in [0.05, 0.1) is 18.1 Å². The summed E-state index contributed by atoms with van der Waals surface area (Å²) in [7, 11) is 1.82. The molecule has 3 rings (SSSR count). The van der Waals surface area contributed by atoms with Gasteiger partial charge in [0.2, 0.25) is 0 Å². The zero-order valence-corrected chi connectivity index (χ0v) is 21.1. The number of halogens is 1. The fourth-order valence-electron chi connectivity index (χ4n) is 4.31. The summed E-state index contributed by atoms with van der Waals surface area (Å²) in [6, 6.07) is 3.74. The van der Waals surface area contributed by atoms with Crippen molar-refractivity contribution in [1.29, 1.82) is 0 Å². The topological polar surface area (TPSA) is 78.0 Å². The lowest BCUT2D eigenvalue weighted by Crippen LogP contribution is -2.60. The summed E-state index contributed by atoms with van der Waals surface area (Å²) < 4.78 is 5.57. The average Bonchev–Trinajstić information content (AvgIpc) is 3.32. The molecule has 2 heterocycles. The maximum absolute atomic E-state index is 12.0. The number of amides is 1. The highest BCUT2D eigenvalue weighted by molar-refractivity contribution is 14.0. The molecule has 2 aliphatic rings. The predicted molar refractivity (Wildman–Crippen MR) is 134 cm³/mol. The molecule has 3 N–H and O–H groups in total. The van der Waals surface area contributed by atoms with Gasteiger partial charge in [0, 0.05) is 45.3 Å². The van der Waals surface area contributed by atoms with Gasteiger partial charge in [-0.1, -0.05) is 25.3 Å². The molecule has 9 heteroatoms. The van der Waals surface area contributed by atoms with Crippen molar-refractivity contribution in [2.24, 2.45) is 4.99 Å². The first-order valence-electron chi connectivity index (χ1n) is 10.8. The van der Waals surface area contributed by atoms with Crippen molar-refractivity contribution in [3.8, 4) is 0 Å². The normalized spacial score (nSPS) is 19.6. The molecule has 1 saturated heterocycles. The molecule has 1 saturated carbocycles. The van der Waals surface area contributed by atoms with Crippen LogP contribution in [0.2, 0.25) is 0 Å². The Hall–Kier alpha value is -0.910. The van der Waals surface area contributed by atoms with E-state index in [9.17, 15) is 4.79 Å². The van der Waals surface area contributed by atoms with Crippen LogP contribution in [0, 0.1) is 0 Å². The third kappa shape index (κ3) is 7.35. The standard InChI is InChI=1S/C21H35N5O2S.HI/c1-22-20(24-11-6-10-23-19(27)18-7-5-16-29-18)25-17-21(8-3-2-4-9-21)26-12-14-28-15-13-26;/h5,7,16H,2-4,6,8-15,17H2,1H3,(H,23,27)(H2,22,24,25);1H. The van der Waals surface area contributed by atoms with Gasteiger partial charge in [0.15, 0.2) is 5.96 Å². The Morgan fingerprint density at radius 2 is 1.90 bits per heavy atom. The molecular weight excluding hydrogens is 513 g/mol. The number of ether oxygens (including phenoxy) is 1. The van der Waals surface area contributed by atoms with Gasteiger partial charge in [-0.2, -0.15) is 0 Å². The number of hydrogen-bond acceptors (Lipinski definition) is 5. The molecule has 1 aromatic rings. The molecule has 0 atom stereocenters. The number of carbonyl (C=O) groups is 1. The van der Waals surface area contributed by atoms with Crippen LogP contribution < -0.4 is 16.0 Å². The number of rotatable bonds is 8. The molecule has 0 aromatic carbocycles. The van der Waals surface area contributed by atoms with Crippen LogP contribution in [0.15, 0.2) is 22.5 Å². The van der Waals surface area contributed by atoms with Crippen LogP contribution >= 0.6 is 35.3 Å². The lowest BCUT2D eigenvalue weighted by atomic mass is 9.80. The molecule has 1 aliphatic carbocycles. The van der Waals surface area contributed by atoms with Gasteiger partial charge in [0.1, 0.15) is 0 Å². The molecule has 0 unspecified atom stereocenters. The zero-order valence-electron chi connectivity index (χ0n) is 18.0. The second kappa shape index (κ2) is 13.5. The van der Waals surface area contributed by atoms with E-state index in [1.165, 1.54) is 43.4 Å². The molecule has 2 fully saturated rings. The predicted octanol–water partition coefficient (Wildman–Crippen LogP) is 2.69. The van der Waals surface area contributed by atoms with Crippen LogP contribution in [-0.2, 0) is 4.74 Å². The number of thiophene rings is 1. The van der Waals surface area contributed by atoms with E-state index >= 15 is 0 Å². The molecule has 7 nitrogen and oxygen atoms in total. The number of carbonyl (C=O) groups excluding carboxylic acids is 1. The van der Waals surface area contributed by atoms with Gasteiger partial charge >= 0.3 is 0 Å². The first-order valence-corrected chi connectivity index (χ1v) is 11.7. The van der Waals surface area contributed by atoms with Gasteiger partial charge in [0.25, 0.3) is 5.91 Å². The zero-order chi connectivity index (χ0) is 20.4. The van der Waals surface area contributed by atoms with Gasteiger partial charge in [-0.3, -0.25) is 14.7 Å². The largest absolute Gasteiger partial charge is 0.379 e. The third-order valence-corrected chi connectivity index (χ3v) is 6.82. The number of nitrogens with one attached hydrogen (secondary N) is 3. The van der Waals surface area contributed by atoms with Gasteiger partial charge < -0.3 is 20.7 Å². The van der Waals surface area contributed by atoms with Crippen molar-refractivity contribution in [1.82, 2.24) is 20.9 Å². The SMILES string of the molecule is CN=C(NCCCNC(=O)c1cccs1)NCC1(N2CCOCC2)CCCCC1.I. The third-order valence-electron chi connectivity index (χ3n) is 5.95. The number of nitrogens with zero attached hydrogens (tertiary/aromatic N) is 2. The Bertz CT molecular complexity index is 644. The first kappa shape index (κ1) is 25.4. The highest BCUT2D eigenvalue weighted by atomic mass is 127. The van der Waals surface area contributed by atoms with Gasteiger partial charge in [-0.05, 0) is 30.7 Å². The summed E-state index contributed by atoms with van der Waals surface area (Å²) in [6.07, 6.45) is 7.28. The van der Waals surface area contributed by atoms with E-state index in [1.54, 1.807) is 0 Å². The Kier molecular flexibility index (Phi) is 11.4. The molecule has 0 spiro atoms. The van der Waals surface area contributed by atoms with E-state index in [0.717, 1.165) is 56.7 Å². The second-order valence-electron chi connectivity index (χ2n) is 7.82. The van der Waals surface area contributed by atoms with Crippen molar-refractivity contribution in [3.05, 3.63) is 22.4 Å². The lowest BCUT2D eigenvalue weighted by Gasteiger charge is -2.48. The van der Waals surface area contributed by atoms with Crippen LogP contribution in [0.5, 0.6) is 0 Å². The van der Waals surface area contributed by atoms with Crippen molar-refractivity contribution in [2.45, 2.75) is 44.1 Å². The number of hydrogen-bond donors (Lipinski definition) is 3. The summed E-state index contributed by atoms with van der Waals surface area (Å²) in [6.45, 7) is 6.07. The van der Waals surface area contributed by atoms with E-state index < -0.39 is 0 Å². The highest BCUT2D eigenvalue weighted by Crippen LogP contribution is 2.33. The minimum atomic E-state index is 0. The van der Waals surface area contributed by atoms with Crippen LogP contribution in [0.1, 0.15) is 48.2 Å². The smallest absolute Gasteiger partial charge is 0.261 e. The van der Waals surface area contributed by atoms with E-state index in [4.69, 9.17) is 4.74 Å². The van der Waals surface area contributed by atoms with E-state index in [1.807, 2.05) is 24.6 Å². The van der Waals surface area contributed by atoms with Crippen LogP contribution in [0.4, 0.5) is 0 Å². The number of morpholine rings is 1. The maximum atomic E-state index is 12.0. The summed E-state index contributed by atoms with van der Waals surface area (Å²) >= 11 is 1.47. The molecule has 0 radical (unpaired) electrons. The fraction of sp³-hybridized carbons (Fsp3) is 0.714. The van der Waals surface area contributed by atoms with E-state index in [0.29, 0.717) is 6.54 Å². The summed E-state index contributed by atoms with van der Waals surface area (Å²) in [5.74, 6) is 0.847. The Balaban J connectivity index is 0.00000320. The molecule has 170 valence electrons. The quantitative estimate of drug-likeness (QED) is 0.201. The lowest BCUT2D eigenvalue weighted by molar-refractivity contribution is -0.0352. The highest BCUT2D eigenvalue weighted by Gasteiger charge is 2.38. The minimum Gasteiger partial charge on any atom is -0.379 e. The number of aliphatic imine (C=N–C) groups is 1. The van der Waals surface area contributed by atoms with Crippen molar-refractivity contribution in [3.63, 3.8) is 0 Å². The maximum Gasteiger partial charge on any atom is 0.261 e. The molecule has 1 amide bonds. The van der Waals surface area contributed by atoms with Crippen molar-refractivity contribution >= 4 is 47.2 Å². The van der Waals surface area contributed by atoms with Gasteiger partial charge in [-0.25, -0.2) is 0 Å². The summed E-state index contributed by atoms with van der Waals surface area (Å²) in [5, 5.41) is 11.8. The van der Waals surface area contributed by atoms with E-state index in [2.05, 4.69) is 25.8 Å². The number of guanidine groups is 1. The minimum absolute atomic E-state index is 0. The van der Waals surface area contributed by atoms with Crippen molar-refractivity contribution < 1.29 is 9.53 Å². The Morgan fingerprint density at radius 3 is 2.57 bits per heavy atom.